The summed E-state index contributed by atoms with van der Waals surface area (Å²) in [6, 6.07) is 12.0. The first kappa shape index (κ1) is 23.1. The second-order valence-electron chi connectivity index (χ2n) is 6.48. The van der Waals surface area contributed by atoms with Crippen LogP contribution in [0.2, 0.25) is 0 Å². The number of aliphatic imine (C=N–C) groups is 1. The molecule has 0 spiro atoms. The van der Waals surface area contributed by atoms with Crippen molar-refractivity contribution in [2.45, 2.75) is 13.5 Å². The Bertz CT molecular complexity index is 780. The van der Waals surface area contributed by atoms with Gasteiger partial charge in [-0.05, 0) is 36.8 Å². The molecule has 1 saturated heterocycles. The second kappa shape index (κ2) is 11.7. The van der Waals surface area contributed by atoms with Crippen molar-refractivity contribution in [1.29, 1.82) is 0 Å². The van der Waals surface area contributed by atoms with Crippen molar-refractivity contribution in [3.63, 3.8) is 0 Å². The highest BCUT2D eigenvalue weighted by molar-refractivity contribution is 14.0. The van der Waals surface area contributed by atoms with Gasteiger partial charge in [-0.1, -0.05) is 12.1 Å². The number of aromatic nitrogens is 1. The molecule has 1 N–H and O–H groups in total. The van der Waals surface area contributed by atoms with Crippen LogP contribution in [-0.2, 0) is 6.54 Å². The quantitative estimate of drug-likeness (QED) is 0.366. The van der Waals surface area contributed by atoms with Crippen LogP contribution in [0.15, 0.2) is 47.6 Å². The number of pyridine rings is 1. The van der Waals surface area contributed by atoms with Crippen molar-refractivity contribution in [3.8, 4) is 11.5 Å². The monoisotopic (exact) mass is 511 g/mol. The number of nitrogens with zero attached hydrogens (tertiary/aromatic N) is 4. The number of hydrogen-bond acceptors (Lipinski definition) is 5. The number of hydrogen-bond donors (Lipinski definition) is 1. The maximum Gasteiger partial charge on any atom is 0.194 e. The Morgan fingerprint density at radius 2 is 1.93 bits per heavy atom. The highest BCUT2D eigenvalue weighted by atomic mass is 127. The average molecular weight is 511 g/mol. The molecular weight excluding hydrogens is 481 g/mol. The third-order valence-electron chi connectivity index (χ3n) is 4.74. The highest BCUT2D eigenvalue weighted by Gasteiger charge is 2.20. The first-order chi connectivity index (χ1) is 13.7. The number of methoxy groups -OCH3 is 1. The largest absolute Gasteiger partial charge is 0.493 e. The first-order valence-corrected chi connectivity index (χ1v) is 9.66. The molecule has 1 fully saturated rings. The zero-order chi connectivity index (χ0) is 19.8. The normalized spacial score (nSPS) is 14.2. The van der Waals surface area contributed by atoms with Gasteiger partial charge in [-0.25, -0.2) is 4.98 Å². The van der Waals surface area contributed by atoms with Gasteiger partial charge >= 0.3 is 0 Å². The van der Waals surface area contributed by atoms with Crippen LogP contribution in [0.25, 0.3) is 0 Å². The fraction of sp³-hybridized carbons (Fsp3) is 0.429. The van der Waals surface area contributed by atoms with Crippen LogP contribution in [0.1, 0.15) is 12.5 Å². The zero-order valence-corrected chi connectivity index (χ0v) is 19.6. The fourth-order valence-corrected chi connectivity index (χ4v) is 3.30. The number of piperazine rings is 1. The van der Waals surface area contributed by atoms with Gasteiger partial charge in [-0.15, -0.1) is 24.0 Å². The summed E-state index contributed by atoms with van der Waals surface area (Å²) >= 11 is 0. The molecule has 1 aliphatic heterocycles. The highest BCUT2D eigenvalue weighted by Crippen LogP contribution is 2.28. The van der Waals surface area contributed by atoms with E-state index in [-0.39, 0.29) is 24.0 Å². The molecule has 1 aromatic carbocycles. The minimum atomic E-state index is 0. The Morgan fingerprint density at radius 1 is 1.14 bits per heavy atom. The van der Waals surface area contributed by atoms with E-state index in [1.54, 1.807) is 7.11 Å². The Balaban J connectivity index is 0.00000300. The van der Waals surface area contributed by atoms with Gasteiger partial charge in [0.05, 0.1) is 13.7 Å². The third kappa shape index (κ3) is 6.12. The molecule has 0 amide bonds. The van der Waals surface area contributed by atoms with E-state index in [1.165, 1.54) is 0 Å². The summed E-state index contributed by atoms with van der Waals surface area (Å²) in [4.78, 5) is 13.5. The topological polar surface area (TPSA) is 62.2 Å². The number of rotatable bonds is 6. The van der Waals surface area contributed by atoms with E-state index in [9.17, 15) is 0 Å². The van der Waals surface area contributed by atoms with Crippen molar-refractivity contribution in [3.05, 3.63) is 48.2 Å². The van der Waals surface area contributed by atoms with E-state index in [0.717, 1.165) is 55.0 Å². The molecule has 2 heterocycles. The zero-order valence-electron chi connectivity index (χ0n) is 17.3. The van der Waals surface area contributed by atoms with E-state index < -0.39 is 0 Å². The molecule has 0 atom stereocenters. The minimum absolute atomic E-state index is 0. The molecule has 29 heavy (non-hydrogen) atoms. The van der Waals surface area contributed by atoms with Gasteiger partial charge in [0.2, 0.25) is 0 Å². The molecule has 8 heteroatoms. The Hall–Kier alpha value is -2.23. The lowest BCUT2D eigenvalue weighted by Crippen LogP contribution is -2.52. The van der Waals surface area contributed by atoms with Crippen molar-refractivity contribution in [2.75, 3.05) is 51.8 Å². The lowest BCUT2D eigenvalue weighted by Gasteiger charge is -2.37. The molecular formula is C21H30IN5O2. The van der Waals surface area contributed by atoms with Crippen molar-refractivity contribution in [1.82, 2.24) is 15.2 Å². The van der Waals surface area contributed by atoms with Crippen LogP contribution < -0.4 is 19.7 Å². The van der Waals surface area contributed by atoms with Crippen molar-refractivity contribution >= 4 is 35.8 Å². The summed E-state index contributed by atoms with van der Waals surface area (Å²) < 4.78 is 11.0. The molecule has 0 unspecified atom stereocenters. The summed E-state index contributed by atoms with van der Waals surface area (Å²) in [5, 5.41) is 3.46. The summed E-state index contributed by atoms with van der Waals surface area (Å²) in [6.45, 7) is 6.92. The Morgan fingerprint density at radius 3 is 2.55 bits per heavy atom. The smallest absolute Gasteiger partial charge is 0.194 e. The van der Waals surface area contributed by atoms with Crippen LogP contribution >= 0.6 is 24.0 Å². The van der Waals surface area contributed by atoms with Gasteiger partial charge in [-0.2, -0.15) is 0 Å². The van der Waals surface area contributed by atoms with E-state index in [2.05, 4.69) is 31.2 Å². The molecule has 3 rings (SSSR count). The third-order valence-corrected chi connectivity index (χ3v) is 4.74. The molecule has 0 radical (unpaired) electrons. The standard InChI is InChI=1S/C21H29N5O2.HI/c1-4-28-18-9-8-17(15-19(18)27-3)16-24-21(22-2)26-13-11-25(12-14-26)20-7-5-6-10-23-20;/h5-10,15H,4,11-14,16H2,1-3H3,(H,22,24);1H. The first-order valence-electron chi connectivity index (χ1n) is 9.66. The van der Waals surface area contributed by atoms with Gasteiger partial charge < -0.3 is 24.6 Å². The van der Waals surface area contributed by atoms with E-state index in [4.69, 9.17) is 9.47 Å². The number of guanidine groups is 1. The second-order valence-corrected chi connectivity index (χ2v) is 6.48. The average Bonchev–Trinajstić information content (AvgIpc) is 2.76. The number of halogens is 1. The SMILES string of the molecule is CCOc1ccc(CNC(=NC)N2CCN(c3ccccn3)CC2)cc1OC.I. The molecule has 7 nitrogen and oxygen atoms in total. The number of anilines is 1. The van der Waals surface area contributed by atoms with Crippen LogP contribution in [0.4, 0.5) is 5.82 Å². The number of ether oxygens (including phenoxy) is 2. The predicted molar refractivity (Wildman–Crippen MR) is 128 cm³/mol. The number of nitrogens with one attached hydrogen (secondary N) is 1. The maximum atomic E-state index is 5.58. The molecule has 1 aliphatic rings. The minimum Gasteiger partial charge on any atom is -0.493 e. The molecule has 158 valence electrons. The van der Waals surface area contributed by atoms with Gasteiger partial charge in [0.25, 0.3) is 0 Å². The van der Waals surface area contributed by atoms with Crippen molar-refractivity contribution in [2.24, 2.45) is 4.99 Å². The molecule has 0 bridgehead atoms. The van der Waals surface area contributed by atoms with E-state index in [1.807, 2.05) is 50.5 Å². The summed E-state index contributed by atoms with van der Waals surface area (Å²) in [5.41, 5.74) is 1.12. The lowest BCUT2D eigenvalue weighted by atomic mass is 10.2. The van der Waals surface area contributed by atoms with Crippen LogP contribution in [-0.4, -0.2) is 62.8 Å². The summed E-state index contributed by atoms with van der Waals surface area (Å²) in [5.74, 6) is 3.46. The number of benzene rings is 1. The van der Waals surface area contributed by atoms with E-state index in [0.29, 0.717) is 13.2 Å². The molecule has 0 aliphatic carbocycles. The summed E-state index contributed by atoms with van der Waals surface area (Å²) in [7, 11) is 3.49. The van der Waals surface area contributed by atoms with Gasteiger partial charge in [0.1, 0.15) is 5.82 Å². The molecule has 0 saturated carbocycles. The Labute approximate surface area is 190 Å². The summed E-state index contributed by atoms with van der Waals surface area (Å²) in [6.07, 6.45) is 1.84. The van der Waals surface area contributed by atoms with Gasteiger partial charge in [0.15, 0.2) is 17.5 Å². The van der Waals surface area contributed by atoms with Crippen molar-refractivity contribution < 1.29 is 9.47 Å². The Kier molecular flexibility index (Phi) is 9.30. The van der Waals surface area contributed by atoms with E-state index >= 15 is 0 Å². The molecule has 1 aromatic heterocycles. The van der Waals surface area contributed by atoms with Gasteiger partial charge in [-0.3, -0.25) is 4.99 Å². The predicted octanol–water partition coefficient (Wildman–Crippen LogP) is 3.00. The van der Waals surface area contributed by atoms with Crippen LogP contribution in [0, 0.1) is 0 Å². The fourth-order valence-electron chi connectivity index (χ4n) is 3.30. The van der Waals surface area contributed by atoms with Gasteiger partial charge in [0, 0.05) is 46.0 Å². The van der Waals surface area contributed by atoms with Crippen LogP contribution in [0.3, 0.4) is 0 Å². The lowest BCUT2D eigenvalue weighted by molar-refractivity contribution is 0.310. The molecule has 2 aromatic rings. The van der Waals surface area contributed by atoms with Crippen LogP contribution in [0.5, 0.6) is 11.5 Å². The maximum absolute atomic E-state index is 5.58.